The minimum atomic E-state index is 1.19. The lowest BCUT2D eigenvalue weighted by atomic mass is 9.99. The highest BCUT2D eigenvalue weighted by Crippen LogP contribution is 2.23. The van der Waals surface area contributed by atoms with E-state index in [4.69, 9.17) is 0 Å². The summed E-state index contributed by atoms with van der Waals surface area (Å²) in [6.45, 7) is 2.24. The normalized spacial score (nSPS) is 14.5. The first-order chi connectivity index (χ1) is 6.42. The van der Waals surface area contributed by atoms with Crippen LogP contribution in [0.2, 0.25) is 0 Å². The van der Waals surface area contributed by atoms with E-state index in [1.807, 2.05) is 0 Å². The van der Waals surface area contributed by atoms with Crippen molar-refractivity contribution in [2.75, 3.05) is 0 Å². The lowest BCUT2D eigenvalue weighted by molar-refractivity contribution is 0.794. The molecule has 0 aliphatic heterocycles. The van der Waals surface area contributed by atoms with Crippen molar-refractivity contribution in [3.63, 3.8) is 0 Å². The van der Waals surface area contributed by atoms with Gasteiger partial charge in [-0.15, -0.1) is 0 Å². The van der Waals surface area contributed by atoms with Crippen molar-refractivity contribution in [3.05, 3.63) is 29.1 Å². The third kappa shape index (κ3) is 1.69. The Labute approximate surface area is 79.9 Å². The largest absolute Gasteiger partial charge is 0.364 e. The second kappa shape index (κ2) is 3.82. The van der Waals surface area contributed by atoms with Gasteiger partial charge in [-0.1, -0.05) is 25.5 Å². The molecule has 0 saturated carbocycles. The van der Waals surface area contributed by atoms with E-state index in [1.165, 1.54) is 48.9 Å². The topological polar surface area (TPSA) is 15.8 Å². The Morgan fingerprint density at radius 1 is 1.46 bits per heavy atom. The zero-order chi connectivity index (χ0) is 9.10. The molecule has 0 fully saturated rings. The molecule has 0 bridgehead atoms. The number of H-pyrrole nitrogens is 1. The van der Waals surface area contributed by atoms with Crippen molar-refractivity contribution in [2.24, 2.45) is 0 Å². The summed E-state index contributed by atoms with van der Waals surface area (Å²) in [5.41, 5.74) is 4.42. The molecule has 0 radical (unpaired) electrons. The molecule has 1 heterocycles. The zero-order valence-electron chi connectivity index (χ0n) is 8.27. The van der Waals surface area contributed by atoms with E-state index in [-0.39, 0.29) is 0 Å². The van der Waals surface area contributed by atoms with Crippen molar-refractivity contribution in [2.45, 2.75) is 39.0 Å². The van der Waals surface area contributed by atoms with E-state index in [9.17, 15) is 0 Å². The molecule has 0 aromatic carbocycles. The van der Waals surface area contributed by atoms with Gasteiger partial charge in [-0.25, -0.2) is 0 Å². The van der Waals surface area contributed by atoms with Gasteiger partial charge in [0.15, 0.2) is 0 Å². The maximum atomic E-state index is 3.38. The number of fused-ring (bicyclic) bond motifs is 1. The van der Waals surface area contributed by atoms with Crippen LogP contribution in [0.3, 0.4) is 0 Å². The van der Waals surface area contributed by atoms with Crippen LogP contribution in [-0.2, 0) is 12.8 Å². The molecule has 1 aliphatic rings. The molecule has 1 N–H and O–H groups in total. The van der Waals surface area contributed by atoms with Gasteiger partial charge in [0.25, 0.3) is 0 Å². The SMILES string of the molecule is CCCCc1c[nH]c2c1C=CCC2. The predicted octanol–water partition coefficient (Wildman–Crippen LogP) is 3.32. The molecule has 1 aromatic heterocycles. The van der Waals surface area contributed by atoms with Crippen LogP contribution in [0.25, 0.3) is 6.08 Å². The molecule has 1 nitrogen and oxygen atoms in total. The molecule has 0 spiro atoms. The predicted molar refractivity (Wildman–Crippen MR) is 56.8 cm³/mol. The molecular weight excluding hydrogens is 158 g/mol. The maximum Gasteiger partial charge on any atom is 0.0226 e. The number of unbranched alkanes of at least 4 members (excludes halogenated alkanes) is 1. The Kier molecular flexibility index (Phi) is 2.53. The summed E-state index contributed by atoms with van der Waals surface area (Å²) in [6.07, 6.45) is 13.0. The second-order valence-electron chi connectivity index (χ2n) is 3.75. The van der Waals surface area contributed by atoms with Gasteiger partial charge >= 0.3 is 0 Å². The number of aromatic nitrogens is 1. The number of rotatable bonds is 3. The summed E-state index contributed by atoms with van der Waals surface area (Å²) in [6, 6.07) is 0. The molecule has 0 amide bonds. The Bertz CT molecular complexity index is 307. The molecule has 0 saturated heterocycles. The van der Waals surface area contributed by atoms with Crippen LogP contribution in [0, 0.1) is 0 Å². The number of nitrogens with one attached hydrogen (secondary N) is 1. The minimum Gasteiger partial charge on any atom is -0.364 e. The average molecular weight is 175 g/mol. The number of aromatic amines is 1. The van der Waals surface area contributed by atoms with E-state index in [2.05, 4.69) is 30.3 Å². The summed E-state index contributed by atoms with van der Waals surface area (Å²) in [5, 5.41) is 0. The number of allylic oxidation sites excluding steroid dienone is 1. The second-order valence-corrected chi connectivity index (χ2v) is 3.75. The highest BCUT2D eigenvalue weighted by atomic mass is 14.7. The van der Waals surface area contributed by atoms with E-state index in [0.29, 0.717) is 0 Å². The summed E-state index contributed by atoms with van der Waals surface area (Å²) in [4.78, 5) is 3.38. The van der Waals surface area contributed by atoms with Gasteiger partial charge in [0, 0.05) is 11.9 Å². The van der Waals surface area contributed by atoms with Gasteiger partial charge in [-0.3, -0.25) is 0 Å². The summed E-state index contributed by atoms with van der Waals surface area (Å²) in [5.74, 6) is 0. The molecule has 2 rings (SSSR count). The molecule has 0 unspecified atom stereocenters. The molecule has 0 atom stereocenters. The first-order valence-corrected chi connectivity index (χ1v) is 5.27. The molecule has 70 valence electrons. The standard InChI is InChI=1S/C12H17N/c1-2-3-6-10-9-13-12-8-5-4-7-11(10)12/h4,7,9,13H,2-3,5-6,8H2,1H3. The fourth-order valence-corrected chi connectivity index (χ4v) is 1.94. The molecular formula is C12H17N. The lowest BCUT2D eigenvalue weighted by Gasteiger charge is -2.06. The smallest absolute Gasteiger partial charge is 0.0226 e. The van der Waals surface area contributed by atoms with Gasteiger partial charge in [0.1, 0.15) is 0 Å². The third-order valence-corrected chi connectivity index (χ3v) is 2.74. The number of hydrogen-bond acceptors (Lipinski definition) is 0. The fourth-order valence-electron chi connectivity index (χ4n) is 1.94. The minimum absolute atomic E-state index is 1.19. The molecule has 13 heavy (non-hydrogen) atoms. The van der Waals surface area contributed by atoms with Crippen LogP contribution in [0.5, 0.6) is 0 Å². The molecule has 1 aromatic rings. The highest BCUT2D eigenvalue weighted by molar-refractivity contribution is 5.58. The van der Waals surface area contributed by atoms with Crippen LogP contribution in [0.4, 0.5) is 0 Å². The van der Waals surface area contributed by atoms with Gasteiger partial charge in [-0.2, -0.15) is 0 Å². The summed E-state index contributed by atoms with van der Waals surface area (Å²) < 4.78 is 0. The van der Waals surface area contributed by atoms with Gasteiger partial charge in [0.2, 0.25) is 0 Å². The fraction of sp³-hybridized carbons (Fsp3) is 0.500. The monoisotopic (exact) mass is 175 g/mol. The Morgan fingerprint density at radius 3 is 3.23 bits per heavy atom. The highest BCUT2D eigenvalue weighted by Gasteiger charge is 2.10. The van der Waals surface area contributed by atoms with E-state index in [0.717, 1.165) is 0 Å². The first-order valence-electron chi connectivity index (χ1n) is 5.27. The van der Waals surface area contributed by atoms with E-state index >= 15 is 0 Å². The lowest BCUT2D eigenvalue weighted by Crippen LogP contribution is -1.93. The zero-order valence-corrected chi connectivity index (χ0v) is 8.27. The van der Waals surface area contributed by atoms with E-state index in [1.54, 1.807) is 0 Å². The van der Waals surface area contributed by atoms with Crippen LogP contribution in [0.1, 0.15) is 43.0 Å². The third-order valence-electron chi connectivity index (χ3n) is 2.74. The Hall–Kier alpha value is -0.980. The molecule has 1 heteroatoms. The van der Waals surface area contributed by atoms with Crippen molar-refractivity contribution < 1.29 is 0 Å². The quantitative estimate of drug-likeness (QED) is 0.725. The van der Waals surface area contributed by atoms with Gasteiger partial charge in [-0.05, 0) is 36.8 Å². The van der Waals surface area contributed by atoms with Crippen molar-refractivity contribution in [1.29, 1.82) is 0 Å². The first kappa shape index (κ1) is 8.61. The number of hydrogen-bond donors (Lipinski definition) is 1. The van der Waals surface area contributed by atoms with Crippen molar-refractivity contribution >= 4 is 6.08 Å². The summed E-state index contributed by atoms with van der Waals surface area (Å²) in [7, 11) is 0. The van der Waals surface area contributed by atoms with Crippen LogP contribution >= 0.6 is 0 Å². The van der Waals surface area contributed by atoms with E-state index < -0.39 is 0 Å². The van der Waals surface area contributed by atoms with Crippen molar-refractivity contribution in [1.82, 2.24) is 4.98 Å². The molecule has 1 aliphatic carbocycles. The summed E-state index contributed by atoms with van der Waals surface area (Å²) >= 11 is 0. The Morgan fingerprint density at radius 2 is 2.38 bits per heavy atom. The van der Waals surface area contributed by atoms with Gasteiger partial charge < -0.3 is 4.98 Å². The van der Waals surface area contributed by atoms with Crippen LogP contribution < -0.4 is 0 Å². The van der Waals surface area contributed by atoms with Crippen molar-refractivity contribution in [3.8, 4) is 0 Å². The van der Waals surface area contributed by atoms with Gasteiger partial charge in [0.05, 0.1) is 0 Å². The van der Waals surface area contributed by atoms with Crippen LogP contribution in [-0.4, -0.2) is 4.98 Å². The Balaban J connectivity index is 2.18. The van der Waals surface area contributed by atoms with Crippen LogP contribution in [0.15, 0.2) is 12.3 Å². The number of aryl methyl sites for hydroxylation is 2. The maximum absolute atomic E-state index is 3.38. The average Bonchev–Trinajstić information content (AvgIpc) is 2.58.